The van der Waals surface area contributed by atoms with Crippen molar-refractivity contribution in [3.05, 3.63) is 42.1 Å². The standard InChI is InChI=1S/C15H17N3/c1-2-16-14-9-10-17-15(18-14)13-7-5-12(6-8-13)11-3-4-11/h5-11H,2-4H2,1H3,(H,16,17,18). The SMILES string of the molecule is CCNc1ccnc(-c2ccc(C3CC3)cc2)n1. The van der Waals surface area contributed by atoms with Crippen LogP contribution in [0.5, 0.6) is 0 Å². The van der Waals surface area contributed by atoms with Crippen molar-refractivity contribution < 1.29 is 0 Å². The van der Waals surface area contributed by atoms with Gasteiger partial charge in [-0.25, -0.2) is 9.97 Å². The van der Waals surface area contributed by atoms with Crippen LogP contribution >= 0.6 is 0 Å². The fourth-order valence-electron chi connectivity index (χ4n) is 2.10. The maximum atomic E-state index is 4.50. The molecule has 1 aromatic carbocycles. The Morgan fingerprint density at radius 2 is 1.94 bits per heavy atom. The second kappa shape index (κ2) is 4.77. The van der Waals surface area contributed by atoms with E-state index >= 15 is 0 Å². The Balaban J connectivity index is 1.86. The minimum Gasteiger partial charge on any atom is -0.370 e. The van der Waals surface area contributed by atoms with Crippen LogP contribution in [0.4, 0.5) is 5.82 Å². The molecule has 2 aromatic rings. The van der Waals surface area contributed by atoms with E-state index in [9.17, 15) is 0 Å². The van der Waals surface area contributed by atoms with Crippen LogP contribution in [0.25, 0.3) is 11.4 Å². The number of nitrogens with zero attached hydrogens (tertiary/aromatic N) is 2. The van der Waals surface area contributed by atoms with Crippen LogP contribution in [0.2, 0.25) is 0 Å². The molecule has 92 valence electrons. The summed E-state index contributed by atoms with van der Waals surface area (Å²) in [5.74, 6) is 2.47. The highest BCUT2D eigenvalue weighted by Crippen LogP contribution is 2.40. The molecular formula is C15H17N3. The van der Waals surface area contributed by atoms with Crippen LogP contribution in [0.15, 0.2) is 36.5 Å². The van der Waals surface area contributed by atoms with E-state index in [0.717, 1.165) is 29.7 Å². The van der Waals surface area contributed by atoms with Crippen molar-refractivity contribution in [3.63, 3.8) is 0 Å². The fraction of sp³-hybridized carbons (Fsp3) is 0.333. The minimum atomic E-state index is 0.788. The van der Waals surface area contributed by atoms with E-state index in [0.29, 0.717) is 0 Å². The number of rotatable bonds is 4. The highest BCUT2D eigenvalue weighted by Gasteiger charge is 2.23. The molecule has 1 heterocycles. The molecule has 1 aliphatic carbocycles. The van der Waals surface area contributed by atoms with E-state index in [1.807, 2.05) is 6.07 Å². The zero-order valence-electron chi connectivity index (χ0n) is 10.6. The van der Waals surface area contributed by atoms with Crippen molar-refractivity contribution in [1.29, 1.82) is 0 Å². The summed E-state index contributed by atoms with van der Waals surface area (Å²) >= 11 is 0. The van der Waals surface area contributed by atoms with E-state index in [4.69, 9.17) is 0 Å². The van der Waals surface area contributed by atoms with E-state index in [2.05, 4.69) is 46.5 Å². The van der Waals surface area contributed by atoms with Gasteiger partial charge < -0.3 is 5.32 Å². The lowest BCUT2D eigenvalue weighted by Crippen LogP contribution is -2.00. The van der Waals surface area contributed by atoms with Crippen molar-refractivity contribution in [3.8, 4) is 11.4 Å². The van der Waals surface area contributed by atoms with Gasteiger partial charge in [0.15, 0.2) is 5.82 Å². The molecule has 0 saturated heterocycles. The van der Waals surface area contributed by atoms with Gasteiger partial charge in [0.05, 0.1) is 0 Å². The Morgan fingerprint density at radius 1 is 1.17 bits per heavy atom. The first-order valence-electron chi connectivity index (χ1n) is 6.54. The van der Waals surface area contributed by atoms with Crippen molar-refractivity contribution in [1.82, 2.24) is 9.97 Å². The summed E-state index contributed by atoms with van der Waals surface area (Å²) in [7, 11) is 0. The van der Waals surface area contributed by atoms with Crippen molar-refractivity contribution >= 4 is 5.82 Å². The minimum absolute atomic E-state index is 0.788. The zero-order chi connectivity index (χ0) is 12.4. The highest BCUT2D eigenvalue weighted by atomic mass is 15.0. The molecule has 18 heavy (non-hydrogen) atoms. The number of aromatic nitrogens is 2. The lowest BCUT2D eigenvalue weighted by atomic mass is 10.1. The summed E-state index contributed by atoms with van der Waals surface area (Å²) in [5, 5.41) is 3.21. The molecule has 0 unspecified atom stereocenters. The number of anilines is 1. The maximum Gasteiger partial charge on any atom is 0.161 e. The maximum absolute atomic E-state index is 4.50. The molecule has 1 N–H and O–H groups in total. The molecule has 0 spiro atoms. The van der Waals surface area contributed by atoms with Crippen LogP contribution in [-0.4, -0.2) is 16.5 Å². The first kappa shape index (κ1) is 11.2. The van der Waals surface area contributed by atoms with E-state index in [-0.39, 0.29) is 0 Å². The Bertz CT molecular complexity index is 530. The van der Waals surface area contributed by atoms with Crippen LogP contribution < -0.4 is 5.32 Å². The number of hydrogen-bond donors (Lipinski definition) is 1. The summed E-state index contributed by atoms with van der Waals surface area (Å²) in [4.78, 5) is 8.83. The lowest BCUT2D eigenvalue weighted by molar-refractivity contribution is 1.11. The molecule has 3 rings (SSSR count). The average molecular weight is 239 g/mol. The third kappa shape index (κ3) is 2.35. The van der Waals surface area contributed by atoms with Crippen LogP contribution in [-0.2, 0) is 0 Å². The fourth-order valence-corrected chi connectivity index (χ4v) is 2.10. The predicted molar refractivity (Wildman–Crippen MR) is 73.6 cm³/mol. The first-order valence-corrected chi connectivity index (χ1v) is 6.54. The van der Waals surface area contributed by atoms with Gasteiger partial charge in [0, 0.05) is 18.3 Å². The Hall–Kier alpha value is -1.90. The molecule has 3 nitrogen and oxygen atoms in total. The molecule has 0 amide bonds. The molecule has 1 aliphatic rings. The molecule has 0 atom stereocenters. The Labute approximate surface area is 107 Å². The molecule has 0 aliphatic heterocycles. The van der Waals surface area contributed by atoms with Gasteiger partial charge in [-0.3, -0.25) is 0 Å². The van der Waals surface area contributed by atoms with Crippen molar-refractivity contribution in [2.24, 2.45) is 0 Å². The lowest BCUT2D eigenvalue weighted by Gasteiger charge is -2.05. The molecule has 0 bridgehead atoms. The third-order valence-electron chi connectivity index (χ3n) is 3.23. The first-order chi connectivity index (χ1) is 8.86. The second-order valence-corrected chi connectivity index (χ2v) is 4.69. The van der Waals surface area contributed by atoms with Gasteiger partial charge in [-0.15, -0.1) is 0 Å². The quantitative estimate of drug-likeness (QED) is 0.888. The zero-order valence-corrected chi connectivity index (χ0v) is 10.6. The molecule has 1 fully saturated rings. The van der Waals surface area contributed by atoms with Gasteiger partial charge in [0.1, 0.15) is 5.82 Å². The average Bonchev–Trinajstić information content (AvgIpc) is 3.24. The van der Waals surface area contributed by atoms with Gasteiger partial charge in [-0.05, 0) is 37.3 Å². The summed E-state index contributed by atoms with van der Waals surface area (Å²) in [5.41, 5.74) is 2.53. The van der Waals surface area contributed by atoms with Gasteiger partial charge >= 0.3 is 0 Å². The summed E-state index contributed by atoms with van der Waals surface area (Å²) < 4.78 is 0. The number of benzene rings is 1. The molecule has 1 saturated carbocycles. The van der Waals surface area contributed by atoms with Crippen molar-refractivity contribution in [2.75, 3.05) is 11.9 Å². The second-order valence-electron chi connectivity index (χ2n) is 4.69. The van der Waals surface area contributed by atoms with Gasteiger partial charge in [-0.2, -0.15) is 0 Å². The topological polar surface area (TPSA) is 37.8 Å². The van der Waals surface area contributed by atoms with E-state index in [1.165, 1.54) is 18.4 Å². The molecular weight excluding hydrogens is 222 g/mol. The van der Waals surface area contributed by atoms with E-state index in [1.54, 1.807) is 6.20 Å². The Kier molecular flexibility index (Phi) is 2.97. The van der Waals surface area contributed by atoms with E-state index < -0.39 is 0 Å². The summed E-state index contributed by atoms with van der Waals surface area (Å²) in [6.07, 6.45) is 4.48. The molecule has 1 aromatic heterocycles. The predicted octanol–water partition coefficient (Wildman–Crippen LogP) is 3.45. The summed E-state index contributed by atoms with van der Waals surface area (Å²) in [6, 6.07) is 10.6. The van der Waals surface area contributed by atoms with Crippen LogP contribution in [0, 0.1) is 0 Å². The van der Waals surface area contributed by atoms with Crippen LogP contribution in [0.1, 0.15) is 31.2 Å². The number of hydrogen-bond acceptors (Lipinski definition) is 3. The largest absolute Gasteiger partial charge is 0.370 e. The van der Waals surface area contributed by atoms with Gasteiger partial charge in [-0.1, -0.05) is 24.3 Å². The van der Waals surface area contributed by atoms with Gasteiger partial charge in [0.25, 0.3) is 0 Å². The molecule has 3 heteroatoms. The summed E-state index contributed by atoms with van der Waals surface area (Å²) in [6.45, 7) is 2.93. The smallest absolute Gasteiger partial charge is 0.161 e. The van der Waals surface area contributed by atoms with Crippen LogP contribution in [0.3, 0.4) is 0 Å². The van der Waals surface area contributed by atoms with Gasteiger partial charge in [0.2, 0.25) is 0 Å². The monoisotopic (exact) mass is 239 g/mol. The van der Waals surface area contributed by atoms with Crippen molar-refractivity contribution in [2.45, 2.75) is 25.7 Å². The third-order valence-corrected chi connectivity index (χ3v) is 3.23. The Morgan fingerprint density at radius 3 is 2.61 bits per heavy atom. The molecule has 0 radical (unpaired) electrons. The number of nitrogens with one attached hydrogen (secondary N) is 1. The normalized spacial score (nSPS) is 14.5. The highest BCUT2D eigenvalue weighted by molar-refractivity contribution is 5.57.